The number of carbonyl (C=O) groups is 2. The summed E-state index contributed by atoms with van der Waals surface area (Å²) in [6, 6.07) is 0. The van der Waals surface area contributed by atoms with E-state index in [0.29, 0.717) is 17.7 Å². The molecular formula is C36H52N2O10. The molecule has 266 valence electrons. The van der Waals surface area contributed by atoms with Crippen molar-refractivity contribution in [1.82, 2.24) is 9.55 Å². The Morgan fingerprint density at radius 3 is 2.56 bits per heavy atom. The zero-order valence-corrected chi connectivity index (χ0v) is 29.2. The number of rotatable bonds is 9. The van der Waals surface area contributed by atoms with Gasteiger partial charge in [0.1, 0.15) is 18.3 Å². The van der Waals surface area contributed by atoms with Crippen LogP contribution in [0.2, 0.25) is 0 Å². The van der Waals surface area contributed by atoms with Crippen LogP contribution in [-0.2, 0) is 40.3 Å². The van der Waals surface area contributed by atoms with Gasteiger partial charge < -0.3 is 43.6 Å². The van der Waals surface area contributed by atoms with Gasteiger partial charge in [-0.2, -0.15) is 0 Å². The van der Waals surface area contributed by atoms with E-state index in [9.17, 15) is 24.9 Å². The predicted molar refractivity (Wildman–Crippen MR) is 177 cm³/mol. The molecule has 1 aromatic rings. The standard InChI is InChI=1S/C36H52N2O10/c1-21(2)26-11-9-22(3)27-16-30(48-31(41)12-10-25-17-38(7)20-37-25)35(5,6)13-14-36(43,44-8)24(15-28(26)27)18-45-34-33(47-23(4)39)32(42)29(40)19-46-34/h9-10,12-15,17,20-21,26-30,32-34,40,42-43H,11,16,18-19H2,1-8H3/b12-10+,14-13-,24-15?/t26-,27+,28-,29-,30+,32-,33+,34-,36+/m1/s1. The average Bonchev–Trinajstić information content (AvgIpc) is 3.45. The zero-order chi connectivity index (χ0) is 35.4. The molecule has 4 rings (SSSR count). The van der Waals surface area contributed by atoms with E-state index >= 15 is 0 Å². The lowest BCUT2D eigenvalue weighted by Crippen LogP contribution is -2.55. The second-order valence-electron chi connectivity index (χ2n) is 14.1. The van der Waals surface area contributed by atoms with E-state index in [1.54, 1.807) is 29.2 Å². The number of ether oxygens (including phenoxy) is 5. The fourth-order valence-electron chi connectivity index (χ4n) is 6.76. The van der Waals surface area contributed by atoms with Gasteiger partial charge in [-0.05, 0) is 55.6 Å². The number of fused-ring (bicyclic) bond motifs is 1. The summed E-state index contributed by atoms with van der Waals surface area (Å²) in [5.74, 6) is -2.81. The highest BCUT2D eigenvalue weighted by atomic mass is 16.7. The van der Waals surface area contributed by atoms with Crippen molar-refractivity contribution in [3.63, 3.8) is 0 Å². The minimum atomic E-state index is -1.94. The largest absolute Gasteiger partial charge is 0.458 e. The number of allylic oxidation sites excluding steroid dienone is 3. The Morgan fingerprint density at radius 2 is 1.94 bits per heavy atom. The zero-order valence-electron chi connectivity index (χ0n) is 29.2. The molecule has 0 unspecified atom stereocenters. The van der Waals surface area contributed by atoms with Crippen LogP contribution in [0.15, 0.2) is 54.1 Å². The molecule has 12 nitrogen and oxygen atoms in total. The molecule has 0 bridgehead atoms. The first-order valence-electron chi connectivity index (χ1n) is 16.5. The van der Waals surface area contributed by atoms with Crippen LogP contribution in [-0.4, -0.2) is 93.6 Å². The van der Waals surface area contributed by atoms with E-state index in [-0.39, 0.29) is 36.9 Å². The Kier molecular flexibility index (Phi) is 12.3. The predicted octanol–water partition coefficient (Wildman–Crippen LogP) is 3.47. The summed E-state index contributed by atoms with van der Waals surface area (Å²) >= 11 is 0. The molecule has 1 saturated heterocycles. The SMILES string of the molecule is CO[C@@]1(O)/C=C\C(C)(C)[C@@H](OC(=O)/C=C/c2cn(C)cn2)C[C@H]2C(C)=CC[C@H](C(C)C)[C@H]2C=C1CO[C@@H]1OC[C@@H](O)[C@@H](O)[C@@H]1OC(C)=O. The Bertz CT molecular complexity index is 1410. The molecule has 3 N–H and O–H groups in total. The number of aliphatic hydroxyl groups is 3. The smallest absolute Gasteiger partial charge is 0.331 e. The van der Waals surface area contributed by atoms with Crippen molar-refractivity contribution in [3.8, 4) is 0 Å². The highest BCUT2D eigenvalue weighted by Crippen LogP contribution is 2.46. The molecule has 1 aromatic heterocycles. The molecular weight excluding hydrogens is 620 g/mol. The number of esters is 2. The Labute approximate surface area is 283 Å². The summed E-state index contributed by atoms with van der Waals surface area (Å²) in [6.45, 7) is 11.1. The average molecular weight is 673 g/mol. The van der Waals surface area contributed by atoms with Gasteiger partial charge in [-0.1, -0.05) is 51.5 Å². The molecule has 48 heavy (non-hydrogen) atoms. The van der Waals surface area contributed by atoms with Gasteiger partial charge in [-0.3, -0.25) is 4.79 Å². The van der Waals surface area contributed by atoms with Gasteiger partial charge in [-0.25, -0.2) is 9.78 Å². The normalized spacial score (nSPS) is 34.6. The second-order valence-corrected chi connectivity index (χ2v) is 14.1. The molecule has 0 aromatic carbocycles. The molecule has 0 saturated carbocycles. The molecule has 12 heteroatoms. The quantitative estimate of drug-likeness (QED) is 0.153. The third-order valence-corrected chi connectivity index (χ3v) is 9.82. The van der Waals surface area contributed by atoms with Crippen LogP contribution >= 0.6 is 0 Å². The summed E-state index contributed by atoms with van der Waals surface area (Å²) in [7, 11) is 3.24. The number of methoxy groups -OCH3 is 1. The maximum absolute atomic E-state index is 13.2. The summed E-state index contributed by atoms with van der Waals surface area (Å²) in [5.41, 5.74) is 1.45. The fourth-order valence-corrected chi connectivity index (χ4v) is 6.76. The third-order valence-electron chi connectivity index (χ3n) is 9.82. The molecule has 2 aliphatic carbocycles. The third kappa shape index (κ3) is 8.90. The lowest BCUT2D eigenvalue weighted by Gasteiger charge is -2.44. The molecule has 1 fully saturated rings. The van der Waals surface area contributed by atoms with E-state index in [2.05, 4.69) is 31.8 Å². The number of hydrogen-bond acceptors (Lipinski definition) is 11. The first-order valence-corrected chi connectivity index (χ1v) is 16.5. The van der Waals surface area contributed by atoms with Gasteiger partial charge in [0.05, 0.1) is 25.2 Å². The molecule has 1 aliphatic heterocycles. The van der Waals surface area contributed by atoms with Crippen molar-refractivity contribution in [2.75, 3.05) is 20.3 Å². The van der Waals surface area contributed by atoms with E-state index in [1.165, 1.54) is 26.2 Å². The molecule has 3 aliphatic rings. The number of aromatic nitrogens is 2. The highest BCUT2D eigenvalue weighted by Gasteiger charge is 2.45. The minimum Gasteiger partial charge on any atom is -0.458 e. The molecule has 0 spiro atoms. The fraction of sp³-hybridized carbons (Fsp3) is 0.639. The molecule has 0 amide bonds. The van der Waals surface area contributed by atoms with Crippen molar-refractivity contribution in [3.05, 3.63) is 59.7 Å². The van der Waals surface area contributed by atoms with Gasteiger partial charge >= 0.3 is 11.9 Å². The second kappa shape index (κ2) is 15.6. The van der Waals surface area contributed by atoms with Crippen molar-refractivity contribution in [1.29, 1.82) is 0 Å². The van der Waals surface area contributed by atoms with Crippen molar-refractivity contribution in [2.24, 2.45) is 36.1 Å². The van der Waals surface area contributed by atoms with Gasteiger partial charge in [0, 0.05) is 44.3 Å². The van der Waals surface area contributed by atoms with E-state index in [1.807, 2.05) is 27.0 Å². The number of aryl methyl sites for hydroxylation is 1. The summed E-state index contributed by atoms with van der Waals surface area (Å²) in [5, 5.41) is 32.8. The minimum absolute atomic E-state index is 0.0534. The van der Waals surface area contributed by atoms with Crippen LogP contribution in [0.4, 0.5) is 0 Å². The molecule has 0 radical (unpaired) electrons. The number of carbonyl (C=O) groups excluding carboxylic acids is 2. The summed E-state index contributed by atoms with van der Waals surface area (Å²) < 4.78 is 30.7. The van der Waals surface area contributed by atoms with Crippen LogP contribution in [0, 0.1) is 29.1 Å². The van der Waals surface area contributed by atoms with Crippen molar-refractivity contribution < 1.29 is 48.6 Å². The molecule has 2 heterocycles. The lowest BCUT2D eigenvalue weighted by molar-refractivity contribution is -0.274. The molecule has 9 atom stereocenters. The van der Waals surface area contributed by atoms with Crippen LogP contribution in [0.25, 0.3) is 6.08 Å². The van der Waals surface area contributed by atoms with Crippen LogP contribution in [0.5, 0.6) is 0 Å². The number of nitrogens with zero attached hydrogens (tertiary/aromatic N) is 2. The Balaban J connectivity index is 1.71. The van der Waals surface area contributed by atoms with Crippen molar-refractivity contribution in [2.45, 2.75) is 90.9 Å². The number of imidazole rings is 1. The number of aliphatic hydroxyl groups excluding tert-OH is 2. The summed E-state index contributed by atoms with van der Waals surface area (Å²) in [4.78, 5) is 29.2. The van der Waals surface area contributed by atoms with Gasteiger partial charge in [0.25, 0.3) is 0 Å². The van der Waals surface area contributed by atoms with Crippen LogP contribution < -0.4 is 0 Å². The lowest BCUT2D eigenvalue weighted by atomic mass is 9.64. The summed E-state index contributed by atoms with van der Waals surface area (Å²) in [6.07, 6.45) is 9.62. The van der Waals surface area contributed by atoms with Gasteiger partial charge in [0.2, 0.25) is 5.79 Å². The highest BCUT2D eigenvalue weighted by molar-refractivity contribution is 5.86. The van der Waals surface area contributed by atoms with E-state index in [0.717, 1.165) is 12.0 Å². The van der Waals surface area contributed by atoms with Gasteiger partial charge in [-0.15, -0.1) is 0 Å². The van der Waals surface area contributed by atoms with Crippen LogP contribution in [0.3, 0.4) is 0 Å². The maximum Gasteiger partial charge on any atom is 0.331 e. The topological polar surface area (TPSA) is 159 Å². The first kappa shape index (κ1) is 37.7. The van der Waals surface area contributed by atoms with Gasteiger partial charge in [0.15, 0.2) is 12.4 Å². The first-order chi connectivity index (χ1) is 22.5. The Morgan fingerprint density at radius 1 is 1.21 bits per heavy atom. The monoisotopic (exact) mass is 672 g/mol. The maximum atomic E-state index is 13.2. The van der Waals surface area contributed by atoms with E-state index < -0.39 is 53.8 Å². The number of hydrogen-bond donors (Lipinski definition) is 3. The van der Waals surface area contributed by atoms with Crippen molar-refractivity contribution >= 4 is 18.0 Å². The van der Waals surface area contributed by atoms with E-state index in [4.69, 9.17) is 23.7 Å². The van der Waals surface area contributed by atoms with Crippen LogP contribution in [0.1, 0.15) is 60.1 Å². The Hall–Kier alpha value is -3.13.